The zero-order valence-electron chi connectivity index (χ0n) is 8.22. The van der Waals surface area contributed by atoms with Crippen molar-refractivity contribution >= 4 is 23.2 Å². The summed E-state index contributed by atoms with van der Waals surface area (Å²) in [6.07, 6.45) is 3.56. The monoisotopic (exact) mass is 237 g/mol. The number of fused-ring (bicyclic) bond motifs is 1. The van der Waals surface area contributed by atoms with Gasteiger partial charge in [-0.15, -0.1) is 0 Å². The van der Waals surface area contributed by atoms with Crippen LogP contribution in [0.1, 0.15) is 34.9 Å². The van der Waals surface area contributed by atoms with Gasteiger partial charge in [0.05, 0.1) is 5.69 Å². The van der Waals surface area contributed by atoms with E-state index in [1.807, 2.05) is 0 Å². The summed E-state index contributed by atoms with van der Waals surface area (Å²) in [5.74, 6) is -0.662. The van der Waals surface area contributed by atoms with Crippen molar-refractivity contribution in [3.8, 4) is 0 Å². The van der Waals surface area contributed by atoms with E-state index in [9.17, 15) is 4.79 Å². The quantitative estimate of drug-likeness (QED) is 0.867. The van der Waals surface area contributed by atoms with E-state index < -0.39 is 5.97 Å². The van der Waals surface area contributed by atoms with E-state index in [2.05, 4.69) is 10.1 Å². The van der Waals surface area contributed by atoms with Crippen LogP contribution in [0.2, 0.25) is 5.02 Å². The third-order valence-corrected chi connectivity index (χ3v) is 3.03. The second kappa shape index (κ2) is 3.18. The number of aromatic carboxylic acids is 1. The third-order valence-electron chi connectivity index (χ3n) is 2.67. The second-order valence-electron chi connectivity index (χ2n) is 3.84. The van der Waals surface area contributed by atoms with Crippen molar-refractivity contribution in [2.45, 2.75) is 18.8 Å². The molecule has 3 rings (SSSR count). The number of carboxylic acid groups (broad SMARTS) is 1. The second-order valence-corrected chi connectivity index (χ2v) is 4.22. The molecular formula is C10H8ClN3O2. The van der Waals surface area contributed by atoms with Gasteiger partial charge < -0.3 is 5.11 Å². The molecule has 1 N–H and O–H groups in total. The van der Waals surface area contributed by atoms with Gasteiger partial charge in [0, 0.05) is 12.1 Å². The first kappa shape index (κ1) is 9.59. The van der Waals surface area contributed by atoms with Gasteiger partial charge in [-0.05, 0) is 18.9 Å². The predicted molar refractivity (Wildman–Crippen MR) is 56.9 cm³/mol. The predicted octanol–water partition coefficient (Wildman–Crippen LogP) is 1.96. The summed E-state index contributed by atoms with van der Waals surface area (Å²) in [6, 6.07) is 1.41. The zero-order chi connectivity index (χ0) is 11.3. The number of halogens is 1. The van der Waals surface area contributed by atoms with Crippen LogP contribution in [0.5, 0.6) is 0 Å². The van der Waals surface area contributed by atoms with Gasteiger partial charge in [0.2, 0.25) is 0 Å². The standard InChI is InChI=1S/C10H8ClN3O2/c11-7-8(5-1-2-5)13-14-6(10(15)16)3-4-12-9(7)14/h3-5H,1-2H2,(H,15,16). The Morgan fingerprint density at radius 3 is 2.94 bits per heavy atom. The van der Waals surface area contributed by atoms with Crippen LogP contribution >= 0.6 is 11.6 Å². The molecule has 1 aliphatic carbocycles. The van der Waals surface area contributed by atoms with E-state index >= 15 is 0 Å². The van der Waals surface area contributed by atoms with Gasteiger partial charge in [-0.2, -0.15) is 5.10 Å². The fourth-order valence-electron chi connectivity index (χ4n) is 1.71. The molecule has 1 fully saturated rings. The van der Waals surface area contributed by atoms with Gasteiger partial charge in [0.25, 0.3) is 0 Å². The lowest BCUT2D eigenvalue weighted by Gasteiger charge is -1.97. The van der Waals surface area contributed by atoms with Crippen molar-refractivity contribution in [1.82, 2.24) is 14.6 Å². The van der Waals surface area contributed by atoms with Crippen LogP contribution in [0, 0.1) is 0 Å². The number of rotatable bonds is 2. The van der Waals surface area contributed by atoms with Crippen LogP contribution in [-0.4, -0.2) is 25.7 Å². The lowest BCUT2D eigenvalue weighted by Crippen LogP contribution is -2.06. The molecule has 82 valence electrons. The molecule has 0 aromatic carbocycles. The number of carboxylic acids is 1. The molecular weight excluding hydrogens is 230 g/mol. The number of aromatic nitrogens is 3. The SMILES string of the molecule is O=C(O)c1ccnc2c(Cl)c(C3CC3)nn12. The van der Waals surface area contributed by atoms with Gasteiger partial charge in [0.15, 0.2) is 11.3 Å². The molecule has 0 bridgehead atoms. The van der Waals surface area contributed by atoms with Crippen molar-refractivity contribution in [3.05, 3.63) is 28.7 Å². The summed E-state index contributed by atoms with van der Waals surface area (Å²) in [4.78, 5) is 15.0. The summed E-state index contributed by atoms with van der Waals surface area (Å²) < 4.78 is 1.30. The molecule has 2 aromatic rings. The minimum Gasteiger partial charge on any atom is -0.477 e. The van der Waals surface area contributed by atoms with Crippen LogP contribution < -0.4 is 0 Å². The Bertz CT molecular complexity index is 589. The molecule has 6 heteroatoms. The fraction of sp³-hybridized carbons (Fsp3) is 0.300. The van der Waals surface area contributed by atoms with Crippen molar-refractivity contribution < 1.29 is 9.90 Å². The molecule has 0 aliphatic heterocycles. The molecule has 16 heavy (non-hydrogen) atoms. The average Bonchev–Trinajstić information content (AvgIpc) is 3.04. The lowest BCUT2D eigenvalue weighted by atomic mass is 10.3. The first-order chi connectivity index (χ1) is 7.68. The molecule has 0 atom stereocenters. The van der Waals surface area contributed by atoms with Crippen LogP contribution in [-0.2, 0) is 0 Å². The topological polar surface area (TPSA) is 67.5 Å². The summed E-state index contributed by atoms with van der Waals surface area (Å²) >= 11 is 6.13. The summed E-state index contributed by atoms with van der Waals surface area (Å²) in [5, 5.41) is 13.7. The number of hydrogen-bond donors (Lipinski definition) is 1. The highest BCUT2D eigenvalue weighted by Gasteiger charge is 2.30. The Morgan fingerprint density at radius 1 is 1.56 bits per heavy atom. The van der Waals surface area contributed by atoms with Crippen LogP contribution in [0.3, 0.4) is 0 Å². The first-order valence-corrected chi connectivity index (χ1v) is 5.32. The molecule has 2 heterocycles. The molecule has 0 amide bonds. The first-order valence-electron chi connectivity index (χ1n) is 4.95. The highest BCUT2D eigenvalue weighted by atomic mass is 35.5. The van der Waals surface area contributed by atoms with Crippen molar-refractivity contribution in [2.75, 3.05) is 0 Å². The molecule has 2 aromatic heterocycles. The molecule has 0 unspecified atom stereocenters. The van der Waals surface area contributed by atoms with E-state index in [-0.39, 0.29) is 5.69 Å². The maximum absolute atomic E-state index is 11.0. The van der Waals surface area contributed by atoms with E-state index in [1.54, 1.807) is 0 Å². The van der Waals surface area contributed by atoms with Crippen molar-refractivity contribution in [1.29, 1.82) is 0 Å². The number of hydrogen-bond acceptors (Lipinski definition) is 3. The van der Waals surface area contributed by atoms with Crippen LogP contribution in [0.15, 0.2) is 12.3 Å². The van der Waals surface area contributed by atoms with Crippen molar-refractivity contribution in [2.24, 2.45) is 0 Å². The number of carbonyl (C=O) groups is 1. The maximum atomic E-state index is 11.0. The Kier molecular flexibility index (Phi) is 1.91. The largest absolute Gasteiger partial charge is 0.477 e. The molecule has 5 nitrogen and oxygen atoms in total. The van der Waals surface area contributed by atoms with Crippen LogP contribution in [0.4, 0.5) is 0 Å². The normalized spacial score (nSPS) is 15.6. The van der Waals surface area contributed by atoms with Crippen LogP contribution in [0.25, 0.3) is 5.65 Å². The van der Waals surface area contributed by atoms with E-state index in [1.165, 1.54) is 16.8 Å². The van der Waals surface area contributed by atoms with Gasteiger partial charge >= 0.3 is 5.97 Å². The summed E-state index contributed by atoms with van der Waals surface area (Å²) in [6.45, 7) is 0. The van der Waals surface area contributed by atoms with E-state index in [4.69, 9.17) is 16.7 Å². The Hall–Kier alpha value is -1.62. The molecule has 0 radical (unpaired) electrons. The molecule has 0 spiro atoms. The van der Waals surface area contributed by atoms with Gasteiger partial charge in [-0.1, -0.05) is 11.6 Å². The molecule has 1 aliphatic rings. The smallest absolute Gasteiger partial charge is 0.354 e. The Labute approximate surface area is 95.7 Å². The number of nitrogens with zero attached hydrogens (tertiary/aromatic N) is 3. The Morgan fingerprint density at radius 2 is 2.31 bits per heavy atom. The summed E-state index contributed by atoms with van der Waals surface area (Å²) in [7, 11) is 0. The third kappa shape index (κ3) is 1.28. The highest BCUT2D eigenvalue weighted by molar-refractivity contribution is 6.34. The van der Waals surface area contributed by atoms with E-state index in [0.717, 1.165) is 18.5 Å². The average molecular weight is 238 g/mol. The fourth-order valence-corrected chi connectivity index (χ4v) is 2.04. The maximum Gasteiger partial charge on any atom is 0.354 e. The van der Waals surface area contributed by atoms with Gasteiger partial charge in [-0.25, -0.2) is 14.3 Å². The molecule has 0 saturated heterocycles. The molecule has 1 saturated carbocycles. The van der Waals surface area contributed by atoms with Crippen molar-refractivity contribution in [3.63, 3.8) is 0 Å². The van der Waals surface area contributed by atoms with E-state index in [0.29, 0.717) is 16.6 Å². The van der Waals surface area contributed by atoms with Gasteiger partial charge in [-0.3, -0.25) is 0 Å². The zero-order valence-corrected chi connectivity index (χ0v) is 8.98. The minimum atomic E-state index is -1.03. The van der Waals surface area contributed by atoms with Gasteiger partial charge in [0.1, 0.15) is 5.02 Å². The lowest BCUT2D eigenvalue weighted by molar-refractivity contribution is 0.0687. The highest BCUT2D eigenvalue weighted by Crippen LogP contribution is 2.43. The Balaban J connectivity index is 2.31. The minimum absolute atomic E-state index is 0.0822. The summed E-state index contributed by atoms with van der Waals surface area (Å²) in [5.41, 5.74) is 1.27.